The maximum atomic E-state index is 6.01. The van der Waals surface area contributed by atoms with Crippen molar-refractivity contribution in [3.05, 3.63) is 57.5 Å². The highest BCUT2D eigenvalue weighted by molar-refractivity contribution is 7.99. The summed E-state index contributed by atoms with van der Waals surface area (Å²) in [6, 6.07) is 12.9. The Bertz CT molecular complexity index is 543. The van der Waals surface area contributed by atoms with Crippen LogP contribution in [0.3, 0.4) is 0 Å². The highest BCUT2D eigenvalue weighted by Gasteiger charge is 2.02. The molecular weight excluding hydrogens is 323 g/mol. The first-order valence-corrected chi connectivity index (χ1v) is 7.73. The molecule has 5 heteroatoms. The molecule has 0 aromatic heterocycles. The summed E-state index contributed by atoms with van der Waals surface area (Å²) in [5.74, 6) is 1.49. The zero-order valence-electron chi connectivity index (χ0n) is 9.91. The van der Waals surface area contributed by atoms with Gasteiger partial charge < -0.3 is 4.74 Å². The van der Waals surface area contributed by atoms with Crippen LogP contribution in [0.5, 0.6) is 5.75 Å². The van der Waals surface area contributed by atoms with Crippen LogP contribution in [0.4, 0.5) is 0 Å². The summed E-state index contributed by atoms with van der Waals surface area (Å²) in [5, 5.41) is 1.88. The van der Waals surface area contributed by atoms with Crippen LogP contribution in [-0.2, 0) is 0 Å². The van der Waals surface area contributed by atoms with Gasteiger partial charge in [-0.15, -0.1) is 11.8 Å². The van der Waals surface area contributed by atoms with Crippen LogP contribution in [0.2, 0.25) is 15.1 Å². The average molecular weight is 334 g/mol. The van der Waals surface area contributed by atoms with E-state index in [1.165, 1.54) is 0 Å². The van der Waals surface area contributed by atoms with Gasteiger partial charge in [0.15, 0.2) is 0 Å². The van der Waals surface area contributed by atoms with Crippen molar-refractivity contribution >= 4 is 46.6 Å². The summed E-state index contributed by atoms with van der Waals surface area (Å²) in [4.78, 5) is 1.16. The zero-order valence-corrected chi connectivity index (χ0v) is 13.0. The maximum Gasteiger partial charge on any atom is 0.138 e. The van der Waals surface area contributed by atoms with Gasteiger partial charge in [0, 0.05) is 20.7 Å². The highest BCUT2D eigenvalue weighted by atomic mass is 35.5. The second-order valence-electron chi connectivity index (χ2n) is 3.73. The van der Waals surface area contributed by atoms with Gasteiger partial charge in [-0.05, 0) is 42.5 Å². The van der Waals surface area contributed by atoms with Gasteiger partial charge in [0.25, 0.3) is 0 Å². The number of rotatable bonds is 5. The third-order valence-corrected chi connectivity index (χ3v) is 4.08. The van der Waals surface area contributed by atoms with Crippen molar-refractivity contribution in [1.29, 1.82) is 0 Å². The molecule has 0 heterocycles. The van der Waals surface area contributed by atoms with Crippen LogP contribution in [0, 0.1) is 0 Å². The van der Waals surface area contributed by atoms with Gasteiger partial charge in [0.05, 0.1) is 11.6 Å². The molecule has 0 amide bonds. The molecule has 0 radical (unpaired) electrons. The highest BCUT2D eigenvalue weighted by Crippen LogP contribution is 2.28. The number of ether oxygens (including phenoxy) is 1. The molecule has 0 aliphatic rings. The van der Waals surface area contributed by atoms with Gasteiger partial charge >= 0.3 is 0 Å². The summed E-state index contributed by atoms with van der Waals surface area (Å²) in [7, 11) is 0. The van der Waals surface area contributed by atoms with Crippen molar-refractivity contribution < 1.29 is 4.74 Å². The Morgan fingerprint density at radius 1 is 0.895 bits per heavy atom. The van der Waals surface area contributed by atoms with Crippen LogP contribution in [0.15, 0.2) is 47.4 Å². The van der Waals surface area contributed by atoms with Crippen molar-refractivity contribution in [3.8, 4) is 5.75 Å². The molecular formula is C14H11Cl3OS. The SMILES string of the molecule is Clc1ccc(SCCOc2ccc(Cl)cc2Cl)cc1. The number of hydrogen-bond donors (Lipinski definition) is 0. The molecule has 2 aromatic carbocycles. The lowest BCUT2D eigenvalue weighted by molar-refractivity contribution is 0.344. The molecule has 0 atom stereocenters. The lowest BCUT2D eigenvalue weighted by Crippen LogP contribution is -2.00. The fourth-order valence-corrected chi connectivity index (χ4v) is 2.75. The van der Waals surface area contributed by atoms with Crippen molar-refractivity contribution in [2.24, 2.45) is 0 Å². The third kappa shape index (κ3) is 4.81. The fourth-order valence-electron chi connectivity index (χ4n) is 1.43. The normalized spacial score (nSPS) is 10.5. The lowest BCUT2D eigenvalue weighted by atomic mass is 10.3. The summed E-state index contributed by atoms with van der Waals surface area (Å²) in [6.07, 6.45) is 0. The van der Waals surface area contributed by atoms with E-state index in [9.17, 15) is 0 Å². The van der Waals surface area contributed by atoms with Gasteiger partial charge in [-0.3, -0.25) is 0 Å². The van der Waals surface area contributed by atoms with E-state index in [-0.39, 0.29) is 0 Å². The number of thioether (sulfide) groups is 1. The predicted molar refractivity (Wildman–Crippen MR) is 84.1 cm³/mol. The topological polar surface area (TPSA) is 9.23 Å². The van der Waals surface area contributed by atoms with Crippen LogP contribution in [-0.4, -0.2) is 12.4 Å². The maximum absolute atomic E-state index is 6.01. The van der Waals surface area contributed by atoms with Crippen LogP contribution in [0.25, 0.3) is 0 Å². The Hall–Kier alpha value is -0.540. The average Bonchev–Trinajstić information content (AvgIpc) is 2.39. The molecule has 0 bridgehead atoms. The van der Waals surface area contributed by atoms with Gasteiger partial charge in [-0.1, -0.05) is 34.8 Å². The van der Waals surface area contributed by atoms with E-state index in [4.69, 9.17) is 39.5 Å². The van der Waals surface area contributed by atoms with E-state index in [0.717, 1.165) is 15.7 Å². The quantitative estimate of drug-likeness (QED) is 0.504. The van der Waals surface area contributed by atoms with E-state index in [0.29, 0.717) is 22.4 Å². The lowest BCUT2D eigenvalue weighted by Gasteiger charge is -2.08. The predicted octanol–water partition coefficient (Wildman–Crippen LogP) is 5.82. The summed E-state index contributed by atoms with van der Waals surface area (Å²) >= 11 is 19.4. The number of halogens is 3. The molecule has 19 heavy (non-hydrogen) atoms. The van der Waals surface area contributed by atoms with Crippen LogP contribution < -0.4 is 4.74 Å². The Morgan fingerprint density at radius 2 is 1.58 bits per heavy atom. The zero-order chi connectivity index (χ0) is 13.7. The molecule has 0 N–H and O–H groups in total. The van der Waals surface area contributed by atoms with Crippen LogP contribution >= 0.6 is 46.6 Å². The largest absolute Gasteiger partial charge is 0.491 e. The summed E-state index contributed by atoms with van der Waals surface area (Å²) in [5.41, 5.74) is 0. The molecule has 0 fully saturated rings. The minimum Gasteiger partial charge on any atom is -0.491 e. The minimum absolute atomic E-state index is 0.531. The number of hydrogen-bond acceptors (Lipinski definition) is 2. The first kappa shape index (κ1) is 14.9. The van der Waals surface area contributed by atoms with E-state index >= 15 is 0 Å². The van der Waals surface area contributed by atoms with Crippen LogP contribution in [0.1, 0.15) is 0 Å². The van der Waals surface area contributed by atoms with Gasteiger partial charge in [0.2, 0.25) is 0 Å². The van der Waals surface area contributed by atoms with E-state index < -0.39 is 0 Å². The Morgan fingerprint density at radius 3 is 2.26 bits per heavy atom. The van der Waals surface area contributed by atoms with Gasteiger partial charge in [0.1, 0.15) is 5.75 Å². The molecule has 2 aromatic rings. The second-order valence-corrected chi connectivity index (χ2v) is 6.17. The second kappa shape index (κ2) is 7.30. The first-order valence-electron chi connectivity index (χ1n) is 5.61. The van der Waals surface area contributed by atoms with Gasteiger partial charge in [-0.2, -0.15) is 0 Å². The van der Waals surface area contributed by atoms with Gasteiger partial charge in [-0.25, -0.2) is 0 Å². The molecule has 1 nitrogen and oxygen atoms in total. The van der Waals surface area contributed by atoms with E-state index in [2.05, 4.69) is 0 Å². The molecule has 0 spiro atoms. The Kier molecular flexibility index (Phi) is 5.71. The molecule has 2 rings (SSSR count). The smallest absolute Gasteiger partial charge is 0.138 e. The Balaban J connectivity index is 1.79. The molecule has 0 aliphatic carbocycles. The number of benzene rings is 2. The molecule has 0 saturated heterocycles. The molecule has 0 saturated carbocycles. The van der Waals surface area contributed by atoms with Crippen molar-refractivity contribution in [1.82, 2.24) is 0 Å². The molecule has 100 valence electrons. The molecule has 0 unspecified atom stereocenters. The van der Waals surface area contributed by atoms with Crippen molar-refractivity contribution in [2.45, 2.75) is 4.90 Å². The minimum atomic E-state index is 0.531. The van der Waals surface area contributed by atoms with E-state index in [1.54, 1.807) is 30.0 Å². The summed E-state index contributed by atoms with van der Waals surface area (Å²) < 4.78 is 5.60. The van der Waals surface area contributed by atoms with E-state index in [1.807, 2.05) is 24.3 Å². The molecule has 0 aliphatic heterocycles. The summed E-state index contributed by atoms with van der Waals surface area (Å²) in [6.45, 7) is 0.578. The fraction of sp³-hybridized carbons (Fsp3) is 0.143. The standard InChI is InChI=1S/C14H11Cl3OS/c15-10-1-4-12(5-2-10)19-8-7-18-14-6-3-11(16)9-13(14)17/h1-6,9H,7-8H2. The third-order valence-electron chi connectivity index (χ3n) is 2.32. The van der Waals surface area contributed by atoms with Crippen molar-refractivity contribution in [3.63, 3.8) is 0 Å². The first-order chi connectivity index (χ1) is 9.15. The van der Waals surface area contributed by atoms with Crippen molar-refractivity contribution in [2.75, 3.05) is 12.4 Å². The monoisotopic (exact) mass is 332 g/mol. The Labute approximate surface area is 131 Å².